The maximum Gasteiger partial charge on any atom is 0.265 e. The summed E-state index contributed by atoms with van der Waals surface area (Å²) >= 11 is 1.36. The molecule has 0 aliphatic heterocycles. The summed E-state index contributed by atoms with van der Waals surface area (Å²) in [5.74, 6) is 1.71. The lowest BCUT2D eigenvalue weighted by Gasteiger charge is -2.14. The van der Waals surface area contributed by atoms with Gasteiger partial charge in [0.1, 0.15) is 5.75 Å². The predicted molar refractivity (Wildman–Crippen MR) is 150 cm³/mol. The number of benzene rings is 3. The van der Waals surface area contributed by atoms with Crippen molar-refractivity contribution in [1.29, 1.82) is 0 Å². The molecule has 2 aromatic heterocycles. The zero-order valence-corrected chi connectivity index (χ0v) is 21.9. The number of methoxy groups -OCH3 is 2. The van der Waals surface area contributed by atoms with E-state index in [0.717, 1.165) is 11.3 Å². The number of pyridine rings is 1. The minimum absolute atomic E-state index is 0.210. The summed E-state index contributed by atoms with van der Waals surface area (Å²) in [6.07, 6.45) is 1.54. The molecule has 0 saturated carbocycles. The zero-order valence-electron chi connectivity index (χ0n) is 21.0. The molecule has 1 N–H and O–H groups in total. The van der Waals surface area contributed by atoms with Gasteiger partial charge in [-0.1, -0.05) is 18.2 Å². The van der Waals surface area contributed by atoms with Crippen LogP contribution in [0.5, 0.6) is 23.1 Å². The Morgan fingerprint density at radius 1 is 1.00 bits per heavy atom. The molecule has 0 aliphatic carbocycles. The normalized spacial score (nSPS) is 11.2. The molecule has 0 aliphatic rings. The van der Waals surface area contributed by atoms with E-state index in [0.29, 0.717) is 51.0 Å². The summed E-state index contributed by atoms with van der Waals surface area (Å²) in [7, 11) is 3.17. The number of ether oxygens (including phenoxy) is 3. The van der Waals surface area contributed by atoms with Gasteiger partial charge in [-0.3, -0.25) is 4.79 Å². The predicted octanol–water partition coefficient (Wildman–Crippen LogP) is 5.99. The van der Waals surface area contributed by atoms with Crippen LogP contribution in [0.2, 0.25) is 0 Å². The van der Waals surface area contributed by atoms with E-state index in [2.05, 4.69) is 9.98 Å². The second-order valence-corrected chi connectivity index (χ2v) is 9.03. The van der Waals surface area contributed by atoms with Crippen LogP contribution in [-0.4, -0.2) is 41.7 Å². The Morgan fingerprint density at radius 2 is 1.74 bits per heavy atom. The first-order valence-electron chi connectivity index (χ1n) is 11.9. The van der Waals surface area contributed by atoms with Gasteiger partial charge in [0.25, 0.3) is 5.56 Å². The van der Waals surface area contributed by atoms with Crippen LogP contribution in [0.25, 0.3) is 27.7 Å². The number of thiazole rings is 1. The smallest absolute Gasteiger partial charge is 0.265 e. The van der Waals surface area contributed by atoms with Crippen LogP contribution in [0.1, 0.15) is 12.5 Å². The molecule has 0 saturated heterocycles. The SMILES string of the molecule is CCOc1ccc(-n2c(O)c(/C=N/c3nc(-c4ccc(OC)c(OC)c4)cs3)c3ccccc3c2=O)cc1. The van der Waals surface area contributed by atoms with E-state index in [1.165, 1.54) is 15.9 Å². The van der Waals surface area contributed by atoms with Crippen molar-refractivity contribution in [3.8, 4) is 40.1 Å². The fourth-order valence-electron chi connectivity index (χ4n) is 4.16. The summed E-state index contributed by atoms with van der Waals surface area (Å²) in [5.41, 5.74) is 2.19. The number of fused-ring (bicyclic) bond motifs is 1. The van der Waals surface area contributed by atoms with E-state index in [1.54, 1.807) is 62.9 Å². The van der Waals surface area contributed by atoms with Crippen molar-refractivity contribution in [3.05, 3.63) is 88.0 Å². The minimum Gasteiger partial charge on any atom is -0.494 e. The summed E-state index contributed by atoms with van der Waals surface area (Å²) in [6.45, 7) is 2.43. The van der Waals surface area contributed by atoms with Crippen LogP contribution in [0, 0.1) is 0 Å². The minimum atomic E-state index is -0.329. The number of rotatable bonds is 8. The number of aliphatic imine (C=N–C) groups is 1. The first kappa shape index (κ1) is 25.0. The van der Waals surface area contributed by atoms with E-state index >= 15 is 0 Å². The van der Waals surface area contributed by atoms with Crippen LogP contribution >= 0.6 is 11.3 Å². The fraction of sp³-hybridized carbons (Fsp3) is 0.138. The van der Waals surface area contributed by atoms with Gasteiger partial charge in [-0.15, -0.1) is 11.3 Å². The lowest BCUT2D eigenvalue weighted by Crippen LogP contribution is -2.20. The van der Waals surface area contributed by atoms with Gasteiger partial charge in [-0.25, -0.2) is 14.5 Å². The molecule has 5 aromatic rings. The van der Waals surface area contributed by atoms with E-state index in [4.69, 9.17) is 14.2 Å². The lowest BCUT2D eigenvalue weighted by molar-refractivity contribution is 0.340. The van der Waals surface area contributed by atoms with Gasteiger partial charge in [0.05, 0.1) is 37.8 Å². The van der Waals surface area contributed by atoms with Crippen molar-refractivity contribution in [3.63, 3.8) is 0 Å². The van der Waals surface area contributed by atoms with Crippen LogP contribution in [-0.2, 0) is 0 Å². The maximum atomic E-state index is 13.3. The molecule has 0 spiro atoms. The van der Waals surface area contributed by atoms with Crippen LogP contribution < -0.4 is 19.8 Å². The molecule has 0 fully saturated rings. The van der Waals surface area contributed by atoms with Gasteiger partial charge in [-0.2, -0.15) is 0 Å². The van der Waals surface area contributed by atoms with E-state index < -0.39 is 0 Å². The molecule has 38 heavy (non-hydrogen) atoms. The standard InChI is InChI=1S/C29H25N3O5S/c1-4-37-20-12-10-19(11-13-20)32-27(33)22-8-6-5-7-21(22)23(28(32)34)16-30-29-31-24(17-38-29)18-9-14-25(35-2)26(15-18)36-3/h5-17,34H,4H2,1-3H3/b30-16+. The molecule has 0 atom stereocenters. The molecule has 3 aromatic carbocycles. The number of hydrogen-bond acceptors (Lipinski definition) is 8. The Morgan fingerprint density at radius 3 is 2.45 bits per heavy atom. The van der Waals surface area contributed by atoms with Crippen molar-refractivity contribution < 1.29 is 19.3 Å². The second-order valence-electron chi connectivity index (χ2n) is 8.19. The Balaban J connectivity index is 1.55. The van der Waals surface area contributed by atoms with Crippen LogP contribution in [0.3, 0.4) is 0 Å². The van der Waals surface area contributed by atoms with E-state index in [-0.39, 0.29) is 11.4 Å². The monoisotopic (exact) mass is 527 g/mol. The summed E-state index contributed by atoms with van der Waals surface area (Å²) in [5, 5.41) is 14.7. The molecule has 0 bridgehead atoms. The van der Waals surface area contributed by atoms with Gasteiger partial charge in [-0.05, 0) is 55.5 Å². The Hall–Kier alpha value is -4.63. The number of nitrogens with zero attached hydrogens (tertiary/aromatic N) is 3. The average molecular weight is 528 g/mol. The Kier molecular flexibility index (Phi) is 7.10. The number of aromatic nitrogens is 2. The van der Waals surface area contributed by atoms with E-state index in [1.807, 2.05) is 36.6 Å². The quantitative estimate of drug-likeness (QED) is 0.249. The molecule has 2 heterocycles. The highest BCUT2D eigenvalue weighted by Crippen LogP contribution is 2.34. The molecular weight excluding hydrogens is 502 g/mol. The van der Waals surface area contributed by atoms with Crippen LogP contribution in [0.15, 0.2) is 81.9 Å². The molecule has 5 rings (SSSR count). The van der Waals surface area contributed by atoms with Crippen molar-refractivity contribution in [2.45, 2.75) is 6.92 Å². The summed E-state index contributed by atoms with van der Waals surface area (Å²) < 4.78 is 17.5. The third-order valence-electron chi connectivity index (χ3n) is 5.98. The average Bonchev–Trinajstić information content (AvgIpc) is 3.43. The molecule has 0 amide bonds. The third-order valence-corrected chi connectivity index (χ3v) is 6.73. The van der Waals surface area contributed by atoms with Gasteiger partial charge in [0.15, 0.2) is 11.5 Å². The van der Waals surface area contributed by atoms with Crippen molar-refractivity contribution in [2.24, 2.45) is 4.99 Å². The number of hydrogen-bond donors (Lipinski definition) is 1. The highest BCUT2D eigenvalue weighted by molar-refractivity contribution is 7.13. The Bertz CT molecular complexity index is 1690. The highest BCUT2D eigenvalue weighted by atomic mass is 32.1. The topological polar surface area (TPSA) is 95.2 Å². The fourth-order valence-corrected chi connectivity index (χ4v) is 4.83. The Labute approximate surface area is 223 Å². The molecular formula is C29H25N3O5S. The first-order chi connectivity index (χ1) is 18.5. The molecule has 0 unspecified atom stereocenters. The largest absolute Gasteiger partial charge is 0.494 e. The van der Waals surface area contributed by atoms with Crippen molar-refractivity contribution in [1.82, 2.24) is 9.55 Å². The van der Waals surface area contributed by atoms with Gasteiger partial charge >= 0.3 is 0 Å². The lowest BCUT2D eigenvalue weighted by atomic mass is 10.1. The molecule has 0 radical (unpaired) electrons. The number of aromatic hydroxyl groups is 1. The first-order valence-corrected chi connectivity index (χ1v) is 12.7. The summed E-state index contributed by atoms with van der Waals surface area (Å²) in [6, 6.07) is 19.7. The van der Waals surface area contributed by atoms with Gasteiger partial charge < -0.3 is 19.3 Å². The molecule has 8 nitrogen and oxygen atoms in total. The van der Waals surface area contributed by atoms with E-state index in [9.17, 15) is 9.90 Å². The maximum absolute atomic E-state index is 13.3. The van der Waals surface area contributed by atoms with Gasteiger partial charge in [0.2, 0.25) is 11.0 Å². The van der Waals surface area contributed by atoms with Crippen molar-refractivity contribution in [2.75, 3.05) is 20.8 Å². The summed E-state index contributed by atoms with van der Waals surface area (Å²) in [4.78, 5) is 22.5. The molecule has 192 valence electrons. The zero-order chi connectivity index (χ0) is 26.6. The molecule has 9 heteroatoms. The van der Waals surface area contributed by atoms with Gasteiger partial charge in [0, 0.05) is 27.9 Å². The third kappa shape index (κ3) is 4.71. The van der Waals surface area contributed by atoms with Crippen LogP contribution in [0.4, 0.5) is 5.13 Å². The highest BCUT2D eigenvalue weighted by Gasteiger charge is 2.17. The second kappa shape index (κ2) is 10.8. The van der Waals surface area contributed by atoms with Crippen molar-refractivity contribution >= 4 is 33.5 Å².